The van der Waals surface area contributed by atoms with Crippen molar-refractivity contribution in [3.8, 4) is 16.9 Å². The number of hydrogen-bond donors (Lipinski definition) is 1. The van der Waals surface area contributed by atoms with Crippen LogP contribution in [0, 0.1) is 0 Å². The molecule has 3 heteroatoms. The first-order valence-electron chi connectivity index (χ1n) is 5.17. The van der Waals surface area contributed by atoms with Gasteiger partial charge in [-0.1, -0.05) is 18.2 Å². The van der Waals surface area contributed by atoms with Gasteiger partial charge in [0.1, 0.15) is 5.75 Å². The third-order valence-corrected chi connectivity index (χ3v) is 3.32. The number of aromatic hydroxyl groups is 1. The largest absolute Gasteiger partial charge is 0.507 e. The van der Waals surface area contributed by atoms with Crippen LogP contribution < -0.4 is 0 Å². The molecule has 0 unspecified atom stereocenters. The first kappa shape index (κ1) is 11.7. The van der Waals surface area contributed by atoms with Gasteiger partial charge in [0, 0.05) is 4.90 Å². The molecule has 0 saturated heterocycles. The third kappa shape index (κ3) is 2.50. The van der Waals surface area contributed by atoms with Crippen LogP contribution in [0.3, 0.4) is 0 Å². The molecule has 0 aliphatic rings. The second-order valence-corrected chi connectivity index (χ2v) is 4.50. The molecule has 2 nitrogen and oxygen atoms in total. The zero-order valence-electron chi connectivity index (χ0n) is 9.38. The molecule has 17 heavy (non-hydrogen) atoms. The van der Waals surface area contributed by atoms with Crippen molar-refractivity contribution in [2.24, 2.45) is 0 Å². The van der Waals surface area contributed by atoms with Gasteiger partial charge in [-0.15, -0.1) is 11.8 Å². The van der Waals surface area contributed by atoms with E-state index in [9.17, 15) is 9.90 Å². The minimum atomic E-state index is 0.0180. The summed E-state index contributed by atoms with van der Waals surface area (Å²) < 4.78 is 0. The summed E-state index contributed by atoms with van der Waals surface area (Å²) in [6.07, 6.45) is 2.69. The maximum Gasteiger partial charge on any atom is 0.153 e. The van der Waals surface area contributed by atoms with Crippen molar-refractivity contribution in [2.45, 2.75) is 4.90 Å². The Morgan fingerprint density at radius 3 is 2.29 bits per heavy atom. The van der Waals surface area contributed by atoms with Crippen molar-refractivity contribution in [3.63, 3.8) is 0 Å². The lowest BCUT2D eigenvalue weighted by atomic mass is 10.0. The van der Waals surface area contributed by atoms with Crippen molar-refractivity contribution in [2.75, 3.05) is 6.26 Å². The summed E-state index contributed by atoms with van der Waals surface area (Å²) in [5, 5.41) is 9.43. The van der Waals surface area contributed by atoms with Crippen molar-refractivity contribution >= 4 is 18.0 Å². The van der Waals surface area contributed by atoms with E-state index in [0.29, 0.717) is 11.8 Å². The van der Waals surface area contributed by atoms with Crippen molar-refractivity contribution in [1.29, 1.82) is 0 Å². The van der Waals surface area contributed by atoms with Gasteiger partial charge in [0.05, 0.1) is 5.56 Å². The van der Waals surface area contributed by atoms with Crippen LogP contribution in [0.2, 0.25) is 0 Å². The molecule has 0 spiro atoms. The summed E-state index contributed by atoms with van der Waals surface area (Å²) in [7, 11) is 0. The molecule has 0 saturated carbocycles. The van der Waals surface area contributed by atoms with Crippen molar-refractivity contribution in [1.82, 2.24) is 0 Å². The molecule has 0 aromatic heterocycles. The Labute approximate surface area is 104 Å². The highest BCUT2D eigenvalue weighted by atomic mass is 32.2. The van der Waals surface area contributed by atoms with Crippen LogP contribution in [0.5, 0.6) is 5.75 Å². The van der Waals surface area contributed by atoms with Crippen LogP contribution in [0.15, 0.2) is 47.4 Å². The van der Waals surface area contributed by atoms with Crippen molar-refractivity contribution in [3.05, 3.63) is 48.0 Å². The molecule has 2 aromatic carbocycles. The minimum absolute atomic E-state index is 0.0180. The molecule has 0 radical (unpaired) electrons. The van der Waals surface area contributed by atoms with E-state index < -0.39 is 0 Å². The van der Waals surface area contributed by atoms with Crippen LogP contribution in [0.4, 0.5) is 0 Å². The monoisotopic (exact) mass is 244 g/mol. The molecule has 1 N–H and O–H groups in total. The van der Waals surface area contributed by atoms with Gasteiger partial charge in [0.15, 0.2) is 6.29 Å². The normalized spacial score (nSPS) is 10.2. The third-order valence-electron chi connectivity index (χ3n) is 2.58. The molecule has 0 fully saturated rings. The van der Waals surface area contributed by atoms with E-state index in [2.05, 4.69) is 0 Å². The Hall–Kier alpha value is -1.74. The van der Waals surface area contributed by atoms with Crippen molar-refractivity contribution < 1.29 is 9.90 Å². The number of phenols is 1. The number of aldehydes is 1. The van der Waals surface area contributed by atoms with E-state index in [1.54, 1.807) is 30.0 Å². The van der Waals surface area contributed by atoms with Gasteiger partial charge in [-0.2, -0.15) is 0 Å². The molecule has 86 valence electrons. The van der Waals surface area contributed by atoms with Gasteiger partial charge >= 0.3 is 0 Å². The summed E-state index contributed by atoms with van der Waals surface area (Å²) in [6.45, 7) is 0. The van der Waals surface area contributed by atoms with Crippen LogP contribution in [-0.2, 0) is 0 Å². The lowest BCUT2D eigenvalue weighted by Crippen LogP contribution is -1.84. The number of phenolic OH excluding ortho intramolecular Hbond substituents is 1. The number of rotatable bonds is 3. The second-order valence-electron chi connectivity index (χ2n) is 3.62. The summed E-state index contributed by atoms with van der Waals surface area (Å²) in [5.74, 6) is 0.0180. The molecule has 0 atom stereocenters. The van der Waals surface area contributed by atoms with E-state index in [-0.39, 0.29) is 5.75 Å². The van der Waals surface area contributed by atoms with E-state index in [4.69, 9.17) is 0 Å². The molecular weight excluding hydrogens is 232 g/mol. The Kier molecular flexibility index (Phi) is 3.49. The maximum absolute atomic E-state index is 10.7. The predicted molar refractivity (Wildman–Crippen MR) is 70.7 cm³/mol. The highest BCUT2D eigenvalue weighted by Gasteiger charge is 2.03. The standard InChI is InChI=1S/C14H12O2S/c1-17-13-5-2-10(3-6-13)11-4-7-14(16)12(8-11)9-15/h2-9,16H,1H3. The molecule has 0 aliphatic heterocycles. The molecular formula is C14H12O2S. The zero-order valence-corrected chi connectivity index (χ0v) is 10.2. The lowest BCUT2D eigenvalue weighted by Gasteiger charge is -2.05. The van der Waals surface area contributed by atoms with E-state index in [0.717, 1.165) is 11.1 Å². The van der Waals surface area contributed by atoms with Gasteiger partial charge < -0.3 is 5.11 Å². The molecule has 0 bridgehead atoms. The lowest BCUT2D eigenvalue weighted by molar-refractivity contribution is 0.112. The number of hydrogen-bond acceptors (Lipinski definition) is 3. The zero-order chi connectivity index (χ0) is 12.3. The topological polar surface area (TPSA) is 37.3 Å². The molecule has 0 amide bonds. The Morgan fingerprint density at radius 1 is 1.06 bits per heavy atom. The summed E-state index contributed by atoms with van der Waals surface area (Å²) in [4.78, 5) is 11.9. The average Bonchev–Trinajstić information content (AvgIpc) is 2.39. The van der Waals surface area contributed by atoms with Gasteiger partial charge in [-0.3, -0.25) is 4.79 Å². The van der Waals surface area contributed by atoms with E-state index in [1.807, 2.05) is 30.5 Å². The molecule has 0 aliphatic carbocycles. The van der Waals surface area contributed by atoms with Gasteiger partial charge in [0.25, 0.3) is 0 Å². The minimum Gasteiger partial charge on any atom is -0.507 e. The summed E-state index contributed by atoms with van der Waals surface area (Å²) in [5.41, 5.74) is 2.28. The average molecular weight is 244 g/mol. The highest BCUT2D eigenvalue weighted by Crippen LogP contribution is 2.26. The van der Waals surface area contributed by atoms with E-state index >= 15 is 0 Å². The summed E-state index contributed by atoms with van der Waals surface area (Å²) in [6, 6.07) is 13.1. The maximum atomic E-state index is 10.7. The summed E-state index contributed by atoms with van der Waals surface area (Å²) >= 11 is 1.69. The first-order valence-corrected chi connectivity index (χ1v) is 6.39. The number of carbonyl (C=O) groups is 1. The van der Waals surface area contributed by atoms with Crippen LogP contribution >= 0.6 is 11.8 Å². The first-order chi connectivity index (χ1) is 8.24. The van der Waals surface area contributed by atoms with Gasteiger partial charge in [-0.05, 0) is 41.6 Å². The fraction of sp³-hybridized carbons (Fsp3) is 0.0714. The molecule has 2 rings (SSSR count). The van der Waals surface area contributed by atoms with Crippen LogP contribution in [0.25, 0.3) is 11.1 Å². The van der Waals surface area contributed by atoms with Crippen LogP contribution in [0.1, 0.15) is 10.4 Å². The predicted octanol–water partition coefficient (Wildman–Crippen LogP) is 3.59. The fourth-order valence-corrected chi connectivity index (χ4v) is 2.02. The van der Waals surface area contributed by atoms with E-state index in [1.165, 1.54) is 4.90 Å². The molecule has 2 aromatic rings. The smallest absolute Gasteiger partial charge is 0.153 e. The quantitative estimate of drug-likeness (QED) is 0.662. The number of benzene rings is 2. The fourth-order valence-electron chi connectivity index (χ4n) is 1.61. The Morgan fingerprint density at radius 2 is 1.71 bits per heavy atom. The SMILES string of the molecule is CSc1ccc(-c2ccc(O)c(C=O)c2)cc1. The Balaban J connectivity index is 2.41. The molecule has 0 heterocycles. The van der Waals surface area contributed by atoms with Crippen LogP contribution in [-0.4, -0.2) is 17.6 Å². The number of thioether (sulfide) groups is 1. The Bertz CT molecular complexity index is 532. The van der Waals surface area contributed by atoms with Gasteiger partial charge in [0.2, 0.25) is 0 Å². The second kappa shape index (κ2) is 5.06. The highest BCUT2D eigenvalue weighted by molar-refractivity contribution is 7.98. The van der Waals surface area contributed by atoms with Gasteiger partial charge in [-0.25, -0.2) is 0 Å². The number of carbonyl (C=O) groups excluding carboxylic acids is 1.